The predicted octanol–water partition coefficient (Wildman–Crippen LogP) is 4.88. The van der Waals surface area contributed by atoms with Crippen LogP contribution < -0.4 is 0 Å². The Bertz CT molecular complexity index is 511. The normalized spacial score (nSPS) is 12.4. The molecule has 2 aromatic rings. The Morgan fingerprint density at radius 3 is 2.39 bits per heavy atom. The van der Waals surface area contributed by atoms with E-state index in [1.807, 2.05) is 36.4 Å². The van der Waals surface area contributed by atoms with Crippen molar-refractivity contribution in [3.05, 3.63) is 68.6 Å². The highest BCUT2D eigenvalue weighted by atomic mass is 79.9. The molecule has 1 atom stereocenters. The Balaban J connectivity index is 2.01. The lowest BCUT2D eigenvalue weighted by Crippen LogP contribution is -2.00. The molecule has 1 N–H and O–H groups in total. The number of halogens is 2. The van der Waals surface area contributed by atoms with Crippen LogP contribution in [0.1, 0.15) is 23.7 Å². The number of aliphatic hydroxyl groups is 1. The first-order valence-electron chi connectivity index (χ1n) is 5.84. The van der Waals surface area contributed by atoms with Crippen molar-refractivity contribution in [2.24, 2.45) is 0 Å². The van der Waals surface area contributed by atoms with E-state index in [1.54, 1.807) is 0 Å². The van der Waals surface area contributed by atoms with Crippen LogP contribution in [0, 0.1) is 0 Å². The molecule has 0 fully saturated rings. The molecular weight excluding hydrogens is 356 g/mol. The van der Waals surface area contributed by atoms with E-state index >= 15 is 0 Å². The van der Waals surface area contributed by atoms with Crippen LogP contribution in [0.4, 0.5) is 0 Å². The zero-order chi connectivity index (χ0) is 13.0. The first kappa shape index (κ1) is 13.8. The van der Waals surface area contributed by atoms with E-state index in [4.69, 9.17) is 0 Å². The molecule has 0 saturated carbocycles. The molecule has 2 aromatic carbocycles. The summed E-state index contributed by atoms with van der Waals surface area (Å²) >= 11 is 6.89. The molecule has 0 spiro atoms. The third kappa shape index (κ3) is 3.67. The van der Waals surface area contributed by atoms with Crippen LogP contribution in [0.25, 0.3) is 0 Å². The van der Waals surface area contributed by atoms with Crippen molar-refractivity contribution in [1.29, 1.82) is 0 Å². The fourth-order valence-corrected chi connectivity index (χ4v) is 3.19. The first-order chi connectivity index (χ1) is 8.66. The van der Waals surface area contributed by atoms with E-state index in [-0.39, 0.29) is 0 Å². The summed E-state index contributed by atoms with van der Waals surface area (Å²) in [6.45, 7) is 0. The van der Waals surface area contributed by atoms with Crippen molar-refractivity contribution in [3.8, 4) is 0 Å². The predicted molar refractivity (Wildman–Crippen MR) is 81.6 cm³/mol. The molecule has 3 heteroatoms. The average molecular weight is 370 g/mol. The van der Waals surface area contributed by atoms with Crippen molar-refractivity contribution in [2.75, 3.05) is 0 Å². The topological polar surface area (TPSA) is 20.2 Å². The molecule has 0 aliphatic rings. The van der Waals surface area contributed by atoms with E-state index < -0.39 is 6.10 Å². The molecular formula is C15H14Br2O. The molecule has 2 rings (SSSR count). The summed E-state index contributed by atoms with van der Waals surface area (Å²) in [4.78, 5) is 0. The van der Waals surface area contributed by atoms with Crippen molar-refractivity contribution in [1.82, 2.24) is 0 Å². The number of aliphatic hydroxyl groups excluding tert-OH is 1. The monoisotopic (exact) mass is 368 g/mol. The summed E-state index contributed by atoms with van der Waals surface area (Å²) in [6, 6.07) is 16.1. The Kier molecular flexibility index (Phi) is 4.98. The summed E-state index contributed by atoms with van der Waals surface area (Å²) in [5.74, 6) is 0. The van der Waals surface area contributed by atoms with Crippen LogP contribution in [-0.4, -0.2) is 5.11 Å². The van der Waals surface area contributed by atoms with Crippen LogP contribution in [0.15, 0.2) is 57.5 Å². The highest BCUT2D eigenvalue weighted by Gasteiger charge is 2.11. The third-order valence-corrected chi connectivity index (χ3v) is 4.05. The molecule has 1 unspecified atom stereocenters. The molecule has 0 amide bonds. The van der Waals surface area contributed by atoms with Gasteiger partial charge in [0, 0.05) is 8.95 Å². The second kappa shape index (κ2) is 6.50. The lowest BCUT2D eigenvalue weighted by molar-refractivity contribution is 0.167. The highest BCUT2D eigenvalue weighted by Crippen LogP contribution is 2.29. The first-order valence-corrected chi connectivity index (χ1v) is 7.42. The number of rotatable bonds is 4. The molecule has 0 aliphatic carbocycles. The van der Waals surface area contributed by atoms with Crippen LogP contribution >= 0.6 is 31.9 Å². The van der Waals surface area contributed by atoms with Crippen LogP contribution in [0.5, 0.6) is 0 Å². The summed E-state index contributed by atoms with van der Waals surface area (Å²) < 4.78 is 1.95. The molecule has 0 heterocycles. The Morgan fingerprint density at radius 2 is 1.72 bits per heavy atom. The molecule has 0 bridgehead atoms. The fraction of sp³-hybridized carbons (Fsp3) is 0.200. The van der Waals surface area contributed by atoms with Gasteiger partial charge < -0.3 is 5.11 Å². The maximum Gasteiger partial charge on any atom is 0.0804 e. The van der Waals surface area contributed by atoms with Gasteiger partial charge in [0.25, 0.3) is 0 Å². The fourth-order valence-electron chi connectivity index (χ4n) is 1.88. The quantitative estimate of drug-likeness (QED) is 0.814. The Morgan fingerprint density at radius 1 is 1.00 bits per heavy atom. The lowest BCUT2D eigenvalue weighted by atomic mass is 10.0. The van der Waals surface area contributed by atoms with Crippen LogP contribution in [-0.2, 0) is 6.42 Å². The third-order valence-electron chi connectivity index (χ3n) is 2.87. The van der Waals surface area contributed by atoms with Gasteiger partial charge in [-0.25, -0.2) is 0 Å². The van der Waals surface area contributed by atoms with Gasteiger partial charge in [0.2, 0.25) is 0 Å². The van der Waals surface area contributed by atoms with Gasteiger partial charge in [0.15, 0.2) is 0 Å². The van der Waals surface area contributed by atoms with E-state index in [2.05, 4.69) is 44.0 Å². The van der Waals surface area contributed by atoms with Gasteiger partial charge in [-0.15, -0.1) is 0 Å². The van der Waals surface area contributed by atoms with Gasteiger partial charge in [-0.05, 0) is 36.1 Å². The van der Waals surface area contributed by atoms with Gasteiger partial charge in [-0.3, -0.25) is 0 Å². The summed E-state index contributed by atoms with van der Waals surface area (Å²) in [5, 5.41) is 10.2. The number of aryl methyl sites for hydroxylation is 1. The standard InChI is InChI=1S/C15H14Br2O/c16-12-7-8-13(14(17)10-12)15(18)9-6-11-4-2-1-3-5-11/h1-5,7-8,10,15,18H,6,9H2. The van der Waals surface area contributed by atoms with Gasteiger partial charge in [-0.2, -0.15) is 0 Å². The van der Waals surface area contributed by atoms with Gasteiger partial charge in [-0.1, -0.05) is 68.3 Å². The zero-order valence-electron chi connectivity index (χ0n) is 9.81. The lowest BCUT2D eigenvalue weighted by Gasteiger charge is -2.13. The van der Waals surface area contributed by atoms with Crippen LogP contribution in [0.3, 0.4) is 0 Å². The summed E-state index contributed by atoms with van der Waals surface area (Å²) in [7, 11) is 0. The second-order valence-corrected chi connectivity index (χ2v) is 5.98. The smallest absolute Gasteiger partial charge is 0.0804 e. The molecule has 0 aromatic heterocycles. The van der Waals surface area contributed by atoms with E-state index in [0.29, 0.717) is 0 Å². The molecule has 0 saturated heterocycles. The highest BCUT2D eigenvalue weighted by molar-refractivity contribution is 9.11. The van der Waals surface area contributed by atoms with Crippen molar-refractivity contribution in [2.45, 2.75) is 18.9 Å². The zero-order valence-corrected chi connectivity index (χ0v) is 13.0. The van der Waals surface area contributed by atoms with Crippen LogP contribution in [0.2, 0.25) is 0 Å². The number of hydrogen-bond acceptors (Lipinski definition) is 1. The van der Waals surface area contributed by atoms with Gasteiger partial charge in [0.05, 0.1) is 6.10 Å². The number of benzene rings is 2. The minimum Gasteiger partial charge on any atom is -0.388 e. The molecule has 0 aliphatic heterocycles. The minimum absolute atomic E-state index is 0.437. The molecule has 0 radical (unpaired) electrons. The SMILES string of the molecule is OC(CCc1ccccc1)c1ccc(Br)cc1Br. The summed E-state index contributed by atoms with van der Waals surface area (Å²) in [6.07, 6.45) is 1.17. The Hall–Kier alpha value is -0.640. The van der Waals surface area contributed by atoms with Crippen molar-refractivity contribution in [3.63, 3.8) is 0 Å². The maximum atomic E-state index is 10.2. The minimum atomic E-state index is -0.437. The summed E-state index contributed by atoms with van der Waals surface area (Å²) in [5.41, 5.74) is 2.19. The van der Waals surface area contributed by atoms with E-state index in [9.17, 15) is 5.11 Å². The van der Waals surface area contributed by atoms with Gasteiger partial charge in [0.1, 0.15) is 0 Å². The van der Waals surface area contributed by atoms with Crippen molar-refractivity contribution < 1.29 is 5.11 Å². The molecule has 94 valence electrons. The Labute approximate surface area is 124 Å². The van der Waals surface area contributed by atoms with Crippen molar-refractivity contribution >= 4 is 31.9 Å². The number of hydrogen-bond donors (Lipinski definition) is 1. The van der Waals surface area contributed by atoms with E-state index in [1.165, 1.54) is 5.56 Å². The molecule has 1 nitrogen and oxygen atoms in total. The maximum absolute atomic E-state index is 10.2. The van der Waals surface area contributed by atoms with Gasteiger partial charge >= 0.3 is 0 Å². The average Bonchev–Trinajstić information content (AvgIpc) is 2.37. The second-order valence-electron chi connectivity index (χ2n) is 4.21. The largest absolute Gasteiger partial charge is 0.388 e. The molecule has 18 heavy (non-hydrogen) atoms. The van der Waals surface area contributed by atoms with E-state index in [0.717, 1.165) is 27.4 Å².